The second kappa shape index (κ2) is 4.14. The van der Waals surface area contributed by atoms with Crippen molar-refractivity contribution < 1.29 is 0 Å². The molecular weight excluding hydrogens is 266 g/mol. The number of aromatic amines is 2. The highest BCUT2D eigenvalue weighted by molar-refractivity contribution is 7.10. The van der Waals surface area contributed by atoms with Gasteiger partial charge in [0.1, 0.15) is 10.7 Å². The molecule has 9 heteroatoms. The van der Waals surface area contributed by atoms with Crippen LogP contribution in [0, 0.1) is 0 Å². The summed E-state index contributed by atoms with van der Waals surface area (Å²) < 4.78 is 0. The normalized spacial score (nSPS) is 12.9. The van der Waals surface area contributed by atoms with Gasteiger partial charge >= 0.3 is 0 Å². The van der Waals surface area contributed by atoms with Crippen molar-refractivity contribution in [2.45, 2.75) is 13.0 Å². The van der Waals surface area contributed by atoms with Crippen LogP contribution >= 0.6 is 11.3 Å². The third-order valence-corrected chi connectivity index (χ3v) is 3.58. The summed E-state index contributed by atoms with van der Waals surface area (Å²) in [7, 11) is 0. The first-order valence-corrected chi connectivity index (χ1v) is 6.39. The van der Waals surface area contributed by atoms with Crippen LogP contribution in [0.5, 0.6) is 0 Å². The summed E-state index contributed by atoms with van der Waals surface area (Å²) in [6.07, 6.45) is 0. The molecule has 6 N–H and O–H groups in total. The molecule has 3 aromatic rings. The molecule has 0 bridgehead atoms. The van der Waals surface area contributed by atoms with Crippen molar-refractivity contribution >= 4 is 28.4 Å². The Morgan fingerprint density at radius 2 is 2.11 bits per heavy atom. The number of fused-ring (bicyclic) bond motifs is 1. The van der Waals surface area contributed by atoms with Crippen LogP contribution in [0.2, 0.25) is 0 Å². The number of H-pyrrole nitrogens is 2. The molecule has 0 amide bonds. The van der Waals surface area contributed by atoms with E-state index < -0.39 is 0 Å². The number of nitrogens with two attached hydrogens (primary N) is 2. The monoisotopic (exact) mass is 277 g/mol. The van der Waals surface area contributed by atoms with Crippen LogP contribution in [-0.2, 0) is 0 Å². The molecule has 0 aliphatic rings. The van der Waals surface area contributed by atoms with Crippen LogP contribution in [0.15, 0.2) is 10.2 Å². The largest absolute Gasteiger partial charge is 0.369 e. The van der Waals surface area contributed by atoms with E-state index >= 15 is 0 Å². The lowest BCUT2D eigenvalue weighted by molar-refractivity contribution is 0.807. The van der Waals surface area contributed by atoms with Crippen LogP contribution in [0.25, 0.3) is 22.7 Å². The van der Waals surface area contributed by atoms with Crippen LogP contribution in [0.1, 0.15) is 18.0 Å². The standard InChI is InChI=1S/C10H11N7OS/c1-3(11)9-13-4(2-19-9)6-14-5-7(15-6)16-10(12)17-8(5)18/h2-3H,11H2,1H3,(H4,12,14,15,16,17,18). The molecule has 98 valence electrons. The number of hydrogen-bond acceptors (Lipinski definition) is 7. The Bertz CT molecular complexity index is 800. The van der Waals surface area contributed by atoms with E-state index in [1.807, 2.05) is 12.3 Å². The van der Waals surface area contributed by atoms with Gasteiger partial charge in [-0.25, -0.2) is 9.97 Å². The highest BCUT2D eigenvalue weighted by Gasteiger charge is 2.13. The Balaban J connectivity index is 2.15. The molecule has 0 radical (unpaired) electrons. The fraction of sp³-hybridized carbons (Fsp3) is 0.200. The lowest BCUT2D eigenvalue weighted by Crippen LogP contribution is -2.10. The molecule has 0 aliphatic carbocycles. The highest BCUT2D eigenvalue weighted by atomic mass is 32.1. The van der Waals surface area contributed by atoms with Gasteiger partial charge in [-0.3, -0.25) is 9.78 Å². The van der Waals surface area contributed by atoms with E-state index in [1.54, 1.807) is 0 Å². The second-order valence-corrected chi connectivity index (χ2v) is 4.98. The summed E-state index contributed by atoms with van der Waals surface area (Å²) in [6, 6.07) is -0.139. The maximum absolute atomic E-state index is 11.7. The first-order chi connectivity index (χ1) is 9.04. The number of nitrogens with zero attached hydrogens (tertiary/aromatic N) is 3. The van der Waals surface area contributed by atoms with Gasteiger partial charge in [0.05, 0.1) is 6.04 Å². The number of nitrogen functional groups attached to an aromatic ring is 1. The van der Waals surface area contributed by atoms with Crippen molar-refractivity contribution in [1.82, 2.24) is 24.9 Å². The molecule has 3 rings (SSSR count). The average molecular weight is 277 g/mol. The van der Waals surface area contributed by atoms with Crippen LogP contribution < -0.4 is 17.0 Å². The van der Waals surface area contributed by atoms with Gasteiger partial charge in [-0.05, 0) is 6.92 Å². The molecule has 0 aliphatic heterocycles. The van der Waals surface area contributed by atoms with Crippen molar-refractivity contribution in [2.75, 3.05) is 5.73 Å². The van der Waals surface area contributed by atoms with Gasteiger partial charge in [-0.1, -0.05) is 0 Å². The third kappa shape index (κ3) is 1.98. The van der Waals surface area contributed by atoms with Gasteiger partial charge in [0.15, 0.2) is 17.0 Å². The SMILES string of the molecule is CC(N)c1nc(-c2nc3nc(N)[nH]c(=O)c3[nH]2)cs1. The van der Waals surface area contributed by atoms with Crippen molar-refractivity contribution in [1.29, 1.82) is 0 Å². The van der Waals surface area contributed by atoms with E-state index in [-0.39, 0.29) is 28.7 Å². The van der Waals surface area contributed by atoms with Gasteiger partial charge in [-0.15, -0.1) is 11.3 Å². The quantitative estimate of drug-likeness (QED) is 0.533. The molecule has 0 aromatic carbocycles. The Kier molecular flexibility index (Phi) is 2.57. The fourth-order valence-electron chi connectivity index (χ4n) is 1.65. The number of nitrogens with one attached hydrogen (secondary N) is 2. The molecule has 19 heavy (non-hydrogen) atoms. The van der Waals surface area contributed by atoms with E-state index in [4.69, 9.17) is 11.5 Å². The summed E-state index contributed by atoms with van der Waals surface area (Å²) in [4.78, 5) is 29.5. The van der Waals surface area contributed by atoms with E-state index in [1.165, 1.54) is 11.3 Å². The zero-order valence-corrected chi connectivity index (χ0v) is 10.8. The molecule has 3 aromatic heterocycles. The summed E-state index contributed by atoms with van der Waals surface area (Å²) >= 11 is 1.44. The Morgan fingerprint density at radius 1 is 1.32 bits per heavy atom. The summed E-state index contributed by atoms with van der Waals surface area (Å²) in [5.41, 5.74) is 12.0. The molecule has 3 heterocycles. The molecule has 0 fully saturated rings. The van der Waals surface area contributed by atoms with Crippen LogP contribution in [0.3, 0.4) is 0 Å². The molecule has 0 saturated heterocycles. The number of rotatable bonds is 2. The number of thiazole rings is 1. The van der Waals surface area contributed by atoms with E-state index in [0.717, 1.165) is 5.01 Å². The van der Waals surface area contributed by atoms with E-state index in [9.17, 15) is 4.79 Å². The smallest absolute Gasteiger partial charge is 0.278 e. The number of anilines is 1. The summed E-state index contributed by atoms with van der Waals surface area (Å²) in [6.45, 7) is 1.86. The number of hydrogen-bond donors (Lipinski definition) is 4. The predicted molar refractivity (Wildman–Crippen MR) is 72.6 cm³/mol. The maximum Gasteiger partial charge on any atom is 0.278 e. The third-order valence-electron chi connectivity index (χ3n) is 2.53. The Hall–Kier alpha value is -2.26. The Morgan fingerprint density at radius 3 is 2.79 bits per heavy atom. The van der Waals surface area contributed by atoms with Gasteiger partial charge in [0, 0.05) is 5.38 Å². The van der Waals surface area contributed by atoms with E-state index in [0.29, 0.717) is 11.5 Å². The molecule has 0 spiro atoms. The lowest BCUT2D eigenvalue weighted by atomic mass is 10.4. The topological polar surface area (TPSA) is 139 Å². The zero-order valence-electron chi connectivity index (χ0n) is 9.97. The molecular formula is C10H11N7OS. The molecule has 1 atom stereocenters. The van der Waals surface area contributed by atoms with Crippen LogP contribution in [-0.4, -0.2) is 24.9 Å². The summed E-state index contributed by atoms with van der Waals surface area (Å²) in [5.74, 6) is 0.506. The van der Waals surface area contributed by atoms with Gasteiger partial charge in [0.25, 0.3) is 5.56 Å². The minimum Gasteiger partial charge on any atom is -0.369 e. The fourth-order valence-corrected chi connectivity index (χ4v) is 2.41. The summed E-state index contributed by atoms with van der Waals surface area (Å²) in [5, 5.41) is 2.63. The van der Waals surface area contributed by atoms with Crippen LogP contribution in [0.4, 0.5) is 5.95 Å². The number of imidazole rings is 1. The Labute approximate surface area is 110 Å². The highest BCUT2D eigenvalue weighted by Crippen LogP contribution is 2.23. The van der Waals surface area contributed by atoms with Crippen molar-refractivity contribution in [3.8, 4) is 11.5 Å². The second-order valence-electron chi connectivity index (χ2n) is 4.09. The number of aromatic nitrogens is 5. The van der Waals surface area contributed by atoms with Crippen molar-refractivity contribution in [2.24, 2.45) is 5.73 Å². The van der Waals surface area contributed by atoms with Gasteiger partial charge in [0.2, 0.25) is 5.95 Å². The van der Waals surface area contributed by atoms with Gasteiger partial charge < -0.3 is 16.5 Å². The maximum atomic E-state index is 11.7. The minimum absolute atomic E-state index is 0.0325. The molecule has 8 nitrogen and oxygen atoms in total. The average Bonchev–Trinajstić information content (AvgIpc) is 2.92. The van der Waals surface area contributed by atoms with E-state index in [2.05, 4.69) is 24.9 Å². The van der Waals surface area contributed by atoms with Gasteiger partial charge in [-0.2, -0.15) is 4.98 Å². The van der Waals surface area contributed by atoms with Crippen molar-refractivity contribution in [3.63, 3.8) is 0 Å². The van der Waals surface area contributed by atoms with Crippen molar-refractivity contribution in [3.05, 3.63) is 20.7 Å². The minimum atomic E-state index is -0.358. The lowest BCUT2D eigenvalue weighted by Gasteiger charge is -1.96. The molecule has 1 unspecified atom stereocenters. The predicted octanol–water partition coefficient (Wildman–Crippen LogP) is 0.372. The first-order valence-electron chi connectivity index (χ1n) is 5.51. The first kappa shape index (κ1) is 11.8. The molecule has 0 saturated carbocycles. The zero-order chi connectivity index (χ0) is 13.6.